The lowest BCUT2D eigenvalue weighted by Crippen LogP contribution is -2.10. The fourth-order valence-electron chi connectivity index (χ4n) is 9.75. The molecule has 11 aromatic carbocycles. The maximum Gasteiger partial charge on any atom is 0.0554 e. The van der Waals surface area contributed by atoms with Crippen LogP contribution in [0, 0.1) is 0 Å². The summed E-state index contributed by atoms with van der Waals surface area (Å²) in [7, 11) is 0. The van der Waals surface area contributed by atoms with Gasteiger partial charge in [0.1, 0.15) is 0 Å². The molecule has 0 amide bonds. The summed E-state index contributed by atoms with van der Waals surface area (Å²) >= 11 is 1.86. The Bertz CT molecular complexity index is 3630. The van der Waals surface area contributed by atoms with Crippen LogP contribution in [0.3, 0.4) is 0 Å². The zero-order valence-corrected chi connectivity index (χ0v) is 35.8. The molecule has 0 atom stereocenters. The van der Waals surface area contributed by atoms with Gasteiger partial charge in [-0.25, -0.2) is 0 Å². The highest BCUT2D eigenvalue weighted by Gasteiger charge is 2.22. The van der Waals surface area contributed by atoms with Crippen LogP contribution in [0.5, 0.6) is 0 Å². The molecule has 0 aliphatic heterocycles. The van der Waals surface area contributed by atoms with E-state index >= 15 is 0 Å². The predicted octanol–water partition coefficient (Wildman–Crippen LogP) is 18.2. The van der Waals surface area contributed by atoms with E-state index in [1.165, 1.54) is 97.4 Å². The van der Waals surface area contributed by atoms with Crippen molar-refractivity contribution in [3.05, 3.63) is 249 Å². The number of hydrogen-bond acceptors (Lipinski definition) is 2. The molecule has 0 spiro atoms. The molecule has 0 radical (unpaired) electrons. The topological polar surface area (TPSA) is 3.24 Å². The van der Waals surface area contributed by atoms with Crippen molar-refractivity contribution >= 4 is 70.1 Å². The minimum Gasteiger partial charge on any atom is -0.310 e. The minimum absolute atomic E-state index is 1.10. The lowest BCUT2D eigenvalue weighted by atomic mass is 9.84. The first-order chi connectivity index (χ1) is 31.8. The average Bonchev–Trinajstić information content (AvgIpc) is 3.77. The van der Waals surface area contributed by atoms with Crippen molar-refractivity contribution in [1.29, 1.82) is 0 Å². The Labute approximate surface area is 377 Å². The Morgan fingerprint density at radius 2 is 0.766 bits per heavy atom. The predicted molar refractivity (Wildman–Crippen MR) is 276 cm³/mol. The first-order valence-electron chi connectivity index (χ1n) is 21.9. The molecule has 64 heavy (non-hydrogen) atoms. The number of benzene rings is 11. The number of anilines is 3. The smallest absolute Gasteiger partial charge is 0.0554 e. The quantitative estimate of drug-likeness (QED) is 0.138. The molecule has 0 N–H and O–H groups in total. The van der Waals surface area contributed by atoms with Crippen LogP contribution < -0.4 is 4.90 Å². The third kappa shape index (κ3) is 6.55. The van der Waals surface area contributed by atoms with Crippen LogP contribution in [0.1, 0.15) is 0 Å². The number of thiophene rings is 1. The summed E-state index contributed by atoms with van der Waals surface area (Å²) in [5, 5.41) is 7.57. The van der Waals surface area contributed by atoms with Gasteiger partial charge >= 0.3 is 0 Å². The summed E-state index contributed by atoms with van der Waals surface area (Å²) in [5.74, 6) is 0. The molecule has 0 saturated heterocycles. The average molecular weight is 832 g/mol. The normalized spacial score (nSPS) is 11.4. The van der Waals surface area contributed by atoms with Crippen LogP contribution in [0.4, 0.5) is 17.1 Å². The van der Waals surface area contributed by atoms with E-state index in [4.69, 9.17) is 0 Å². The van der Waals surface area contributed by atoms with Gasteiger partial charge in [0.05, 0.1) is 5.69 Å². The lowest BCUT2D eigenvalue weighted by molar-refractivity contribution is 1.30. The molecule has 300 valence electrons. The van der Waals surface area contributed by atoms with E-state index < -0.39 is 0 Å². The van der Waals surface area contributed by atoms with Crippen molar-refractivity contribution in [1.82, 2.24) is 0 Å². The number of fused-ring (bicyclic) bond motifs is 6. The van der Waals surface area contributed by atoms with E-state index in [0.717, 1.165) is 17.1 Å². The Balaban J connectivity index is 1.05. The highest BCUT2D eigenvalue weighted by Crippen LogP contribution is 2.48. The van der Waals surface area contributed by atoms with E-state index in [-0.39, 0.29) is 0 Å². The third-order valence-electron chi connectivity index (χ3n) is 12.7. The van der Waals surface area contributed by atoms with Gasteiger partial charge < -0.3 is 4.90 Å². The molecule has 0 fully saturated rings. The first kappa shape index (κ1) is 37.7. The van der Waals surface area contributed by atoms with Gasteiger partial charge in [0.15, 0.2) is 0 Å². The molecular formula is C62H41NS. The van der Waals surface area contributed by atoms with Gasteiger partial charge in [0.25, 0.3) is 0 Å². The third-order valence-corrected chi connectivity index (χ3v) is 13.8. The molecule has 1 heterocycles. The molecule has 2 heteroatoms. The maximum absolute atomic E-state index is 2.46. The Morgan fingerprint density at radius 3 is 1.44 bits per heavy atom. The monoisotopic (exact) mass is 831 g/mol. The van der Waals surface area contributed by atoms with Crippen molar-refractivity contribution in [2.45, 2.75) is 0 Å². The van der Waals surface area contributed by atoms with Gasteiger partial charge in [-0.05, 0) is 126 Å². The van der Waals surface area contributed by atoms with Crippen molar-refractivity contribution in [3.63, 3.8) is 0 Å². The van der Waals surface area contributed by atoms with Gasteiger partial charge in [-0.2, -0.15) is 0 Å². The summed E-state index contributed by atoms with van der Waals surface area (Å²) in [6, 6.07) is 90.9. The van der Waals surface area contributed by atoms with E-state index in [2.05, 4.69) is 254 Å². The molecule has 0 bridgehead atoms. The maximum atomic E-state index is 2.46. The summed E-state index contributed by atoms with van der Waals surface area (Å²) in [6.45, 7) is 0. The van der Waals surface area contributed by atoms with Crippen LogP contribution in [0.25, 0.3) is 97.4 Å². The highest BCUT2D eigenvalue weighted by atomic mass is 32.1. The molecule has 0 unspecified atom stereocenters. The first-order valence-corrected chi connectivity index (χ1v) is 22.7. The van der Waals surface area contributed by atoms with Crippen LogP contribution >= 0.6 is 11.3 Å². The summed E-state index contributed by atoms with van der Waals surface area (Å²) in [4.78, 5) is 2.46. The molecule has 0 saturated carbocycles. The zero-order valence-electron chi connectivity index (χ0n) is 35.0. The number of rotatable bonds is 8. The summed E-state index contributed by atoms with van der Waals surface area (Å²) < 4.78 is 2.57. The number of nitrogens with zero attached hydrogens (tertiary/aromatic N) is 1. The van der Waals surface area contributed by atoms with E-state index in [9.17, 15) is 0 Å². The summed E-state index contributed by atoms with van der Waals surface area (Å²) in [6.07, 6.45) is 0. The zero-order chi connectivity index (χ0) is 42.4. The SMILES string of the molecule is c1ccc(-c2ccc(N(c3ccc(-c4ccc5c(c4)c(-c4ccccc4)c(-c4ccccc4)c4ccccc45)cc3)c3cccc4sc5ccccc5c34)cc2-c2ccccc2)cc1. The standard InChI is InChI=1S/C62H41NS/c1-5-18-43(19-6-1)50-39-37-49(41-55(50)44-20-7-2-8-21-44)63(57-29-17-31-59-62(57)54-28-15-16-30-58(54)64-59)48-35-32-42(33-36-48)47-34-38-52-51-26-13-14-27-53(51)60(45-22-9-3-10-23-45)61(56(52)40-47)46-24-11-4-12-25-46/h1-41H. The molecule has 0 aliphatic rings. The molecule has 1 aromatic heterocycles. The Morgan fingerprint density at radius 1 is 0.266 bits per heavy atom. The number of hydrogen-bond donors (Lipinski definition) is 0. The van der Waals surface area contributed by atoms with Crippen molar-refractivity contribution < 1.29 is 0 Å². The second kappa shape index (κ2) is 16.0. The van der Waals surface area contributed by atoms with Gasteiger partial charge in [0.2, 0.25) is 0 Å². The van der Waals surface area contributed by atoms with Crippen molar-refractivity contribution in [3.8, 4) is 55.6 Å². The van der Waals surface area contributed by atoms with E-state index in [1.807, 2.05) is 11.3 Å². The van der Waals surface area contributed by atoms with Crippen LogP contribution in [-0.2, 0) is 0 Å². The van der Waals surface area contributed by atoms with E-state index in [1.54, 1.807) is 0 Å². The lowest BCUT2D eigenvalue weighted by Gasteiger charge is -2.28. The molecule has 1 nitrogen and oxygen atoms in total. The highest BCUT2D eigenvalue weighted by molar-refractivity contribution is 7.26. The van der Waals surface area contributed by atoms with Gasteiger partial charge in [-0.3, -0.25) is 0 Å². The summed E-state index contributed by atoms with van der Waals surface area (Å²) in [5.41, 5.74) is 15.5. The van der Waals surface area contributed by atoms with Gasteiger partial charge in [-0.15, -0.1) is 11.3 Å². The Kier molecular flexibility index (Phi) is 9.43. The van der Waals surface area contributed by atoms with Crippen molar-refractivity contribution in [2.75, 3.05) is 4.90 Å². The Hall–Kier alpha value is -8.04. The van der Waals surface area contributed by atoms with Crippen LogP contribution in [0.15, 0.2) is 249 Å². The molecule has 12 rings (SSSR count). The largest absolute Gasteiger partial charge is 0.310 e. The minimum atomic E-state index is 1.10. The molecule has 0 aliphatic carbocycles. The van der Waals surface area contributed by atoms with Gasteiger partial charge in [-0.1, -0.05) is 200 Å². The fraction of sp³-hybridized carbons (Fsp3) is 0. The second-order valence-corrected chi connectivity index (χ2v) is 17.5. The van der Waals surface area contributed by atoms with Crippen LogP contribution in [-0.4, -0.2) is 0 Å². The van der Waals surface area contributed by atoms with E-state index in [0.29, 0.717) is 0 Å². The van der Waals surface area contributed by atoms with Gasteiger partial charge in [0, 0.05) is 31.5 Å². The van der Waals surface area contributed by atoms with Crippen molar-refractivity contribution in [2.24, 2.45) is 0 Å². The second-order valence-electron chi connectivity index (χ2n) is 16.4. The molecule has 12 aromatic rings. The van der Waals surface area contributed by atoms with Crippen LogP contribution in [0.2, 0.25) is 0 Å². The molecular weight excluding hydrogens is 791 g/mol. The fourth-order valence-corrected chi connectivity index (χ4v) is 10.9.